The van der Waals surface area contributed by atoms with Crippen molar-refractivity contribution in [3.8, 4) is 22.6 Å². The predicted octanol–water partition coefficient (Wildman–Crippen LogP) is 3.43. The molecule has 144 valence electrons. The number of aryl methyl sites for hydroxylation is 1. The molecule has 0 unspecified atom stereocenters. The predicted molar refractivity (Wildman–Crippen MR) is 110 cm³/mol. The number of benzene rings is 2. The van der Waals surface area contributed by atoms with Crippen LogP contribution in [0, 0.1) is 13.8 Å². The minimum atomic E-state index is -0.489. The third kappa shape index (κ3) is 3.24. The van der Waals surface area contributed by atoms with E-state index in [1.807, 2.05) is 38.1 Å². The Morgan fingerprint density at radius 2 is 1.93 bits per heavy atom. The monoisotopic (exact) mass is 378 g/mol. The molecular formula is C22H22N2O4. The van der Waals surface area contributed by atoms with Crippen molar-refractivity contribution in [2.24, 2.45) is 7.05 Å². The first-order valence-corrected chi connectivity index (χ1v) is 8.75. The molecule has 0 atom stereocenters. The zero-order valence-electron chi connectivity index (χ0n) is 16.3. The first-order valence-electron chi connectivity index (χ1n) is 8.75. The summed E-state index contributed by atoms with van der Waals surface area (Å²) in [5, 5.41) is 1.15. The van der Waals surface area contributed by atoms with Crippen molar-refractivity contribution in [3.63, 3.8) is 0 Å². The van der Waals surface area contributed by atoms with Gasteiger partial charge in [-0.15, -0.1) is 0 Å². The average molecular weight is 378 g/mol. The lowest BCUT2D eigenvalue weighted by Crippen LogP contribution is -2.25. The highest BCUT2D eigenvalue weighted by Crippen LogP contribution is 2.39. The molecule has 0 saturated carbocycles. The normalized spacial score (nSPS) is 10.6. The second-order valence-corrected chi connectivity index (χ2v) is 6.46. The fourth-order valence-corrected chi connectivity index (χ4v) is 3.25. The fraction of sp³-hybridized carbons (Fsp3) is 0.182. The molecule has 6 nitrogen and oxygen atoms in total. The number of pyridine rings is 1. The zero-order chi connectivity index (χ0) is 20.4. The Labute approximate surface area is 163 Å². The minimum absolute atomic E-state index is 0.177. The van der Waals surface area contributed by atoms with Crippen LogP contribution in [-0.2, 0) is 11.8 Å². The maximum absolute atomic E-state index is 13.0. The Bertz CT molecular complexity index is 1150. The Morgan fingerprint density at radius 1 is 1.21 bits per heavy atom. The summed E-state index contributed by atoms with van der Waals surface area (Å²) in [7, 11) is 3.27. The summed E-state index contributed by atoms with van der Waals surface area (Å²) < 4.78 is 7.20. The number of hydrogen-bond donors (Lipinski definition) is 1. The van der Waals surface area contributed by atoms with E-state index in [0.29, 0.717) is 16.5 Å². The van der Waals surface area contributed by atoms with Crippen LogP contribution in [0.1, 0.15) is 11.3 Å². The van der Waals surface area contributed by atoms with E-state index >= 15 is 0 Å². The zero-order valence-corrected chi connectivity index (χ0v) is 16.3. The molecule has 0 bridgehead atoms. The highest BCUT2D eigenvalue weighted by molar-refractivity contribution is 6.02. The van der Waals surface area contributed by atoms with Crippen molar-refractivity contribution in [2.75, 3.05) is 7.11 Å². The molecule has 1 heterocycles. The van der Waals surface area contributed by atoms with Gasteiger partial charge >= 0.3 is 0 Å². The van der Waals surface area contributed by atoms with E-state index < -0.39 is 5.91 Å². The first-order chi connectivity index (χ1) is 13.4. The molecule has 1 aromatic heterocycles. The molecular weight excluding hydrogens is 356 g/mol. The topological polar surface area (TPSA) is 69.6 Å². The van der Waals surface area contributed by atoms with E-state index in [1.165, 1.54) is 7.11 Å². The van der Waals surface area contributed by atoms with Gasteiger partial charge in [0.05, 0.1) is 12.5 Å². The van der Waals surface area contributed by atoms with Crippen LogP contribution in [0.4, 0.5) is 0 Å². The molecule has 0 fully saturated rings. The third-order valence-electron chi connectivity index (χ3n) is 4.81. The molecule has 0 aliphatic rings. The van der Waals surface area contributed by atoms with Crippen molar-refractivity contribution in [2.45, 2.75) is 13.8 Å². The number of methoxy groups -OCH3 is 1. The molecule has 0 spiro atoms. The molecule has 0 aliphatic heterocycles. The van der Waals surface area contributed by atoms with E-state index in [9.17, 15) is 9.59 Å². The number of nitrogens with one attached hydrogen (secondary N) is 1. The summed E-state index contributed by atoms with van der Waals surface area (Å²) in [5.74, 6) is 0.284. The van der Waals surface area contributed by atoms with Gasteiger partial charge in [0, 0.05) is 29.8 Å². The van der Waals surface area contributed by atoms with Gasteiger partial charge in [-0.3, -0.25) is 9.59 Å². The third-order valence-corrected chi connectivity index (χ3v) is 4.81. The van der Waals surface area contributed by atoms with Gasteiger partial charge in [0.1, 0.15) is 5.75 Å². The number of hydrogen-bond acceptors (Lipinski definition) is 4. The van der Waals surface area contributed by atoms with Crippen molar-refractivity contribution in [3.05, 3.63) is 70.7 Å². The molecule has 2 aromatic carbocycles. The minimum Gasteiger partial charge on any atom is -0.496 e. The summed E-state index contributed by atoms with van der Waals surface area (Å²) in [6.07, 6.45) is 1.09. The summed E-state index contributed by atoms with van der Waals surface area (Å²) in [4.78, 5) is 29.7. The Morgan fingerprint density at radius 3 is 2.57 bits per heavy atom. The molecule has 28 heavy (non-hydrogen) atoms. The van der Waals surface area contributed by atoms with E-state index in [2.05, 4.69) is 12.1 Å². The van der Waals surface area contributed by atoms with Crippen molar-refractivity contribution < 1.29 is 14.4 Å². The van der Waals surface area contributed by atoms with Crippen LogP contribution in [0.2, 0.25) is 0 Å². The lowest BCUT2D eigenvalue weighted by Gasteiger charge is -2.19. The quantitative estimate of drug-likeness (QED) is 0.546. The van der Waals surface area contributed by atoms with Gasteiger partial charge in [0.25, 0.3) is 11.5 Å². The van der Waals surface area contributed by atoms with Gasteiger partial charge in [-0.25, -0.2) is 0 Å². The van der Waals surface area contributed by atoms with Gasteiger partial charge in [-0.05, 0) is 37.1 Å². The highest BCUT2D eigenvalue weighted by atomic mass is 16.7. The number of carbonyl (C=O) groups excluding carboxylic acids is 1. The number of nitrogens with zero attached hydrogens (tertiary/aromatic N) is 1. The SMILES string of the molecule is C=CC(=O)NOc1cc(OC)c2c(-c3ccccc3C)c(C)n(C)c(=O)c2c1. The largest absolute Gasteiger partial charge is 0.496 e. The Balaban J connectivity index is 2.36. The van der Waals surface area contributed by atoms with Crippen molar-refractivity contribution >= 4 is 16.7 Å². The maximum Gasteiger partial charge on any atom is 0.276 e. The fourth-order valence-electron chi connectivity index (χ4n) is 3.25. The van der Waals surface area contributed by atoms with Crippen LogP contribution in [-0.4, -0.2) is 17.6 Å². The molecule has 0 radical (unpaired) electrons. The Hall–Kier alpha value is -3.54. The molecule has 0 aliphatic carbocycles. The average Bonchev–Trinajstić information content (AvgIpc) is 2.71. The van der Waals surface area contributed by atoms with Crippen LogP contribution in [0.25, 0.3) is 21.9 Å². The number of ether oxygens (including phenoxy) is 1. The summed E-state index contributed by atoms with van der Waals surface area (Å²) in [6, 6.07) is 11.2. The van der Waals surface area contributed by atoms with Crippen LogP contribution in [0.3, 0.4) is 0 Å². The summed E-state index contributed by atoms with van der Waals surface area (Å²) in [5.41, 5.74) is 5.93. The summed E-state index contributed by atoms with van der Waals surface area (Å²) >= 11 is 0. The van der Waals surface area contributed by atoms with E-state index in [1.54, 1.807) is 23.7 Å². The van der Waals surface area contributed by atoms with Crippen LogP contribution < -0.4 is 20.6 Å². The van der Waals surface area contributed by atoms with E-state index in [4.69, 9.17) is 9.57 Å². The highest BCUT2D eigenvalue weighted by Gasteiger charge is 2.20. The van der Waals surface area contributed by atoms with Gasteiger partial charge in [-0.1, -0.05) is 30.8 Å². The van der Waals surface area contributed by atoms with Crippen LogP contribution in [0.15, 0.2) is 53.8 Å². The van der Waals surface area contributed by atoms with E-state index in [0.717, 1.165) is 28.5 Å². The van der Waals surface area contributed by atoms with E-state index in [-0.39, 0.29) is 11.3 Å². The number of carbonyl (C=O) groups is 1. The van der Waals surface area contributed by atoms with Crippen molar-refractivity contribution in [1.82, 2.24) is 10.0 Å². The van der Waals surface area contributed by atoms with Crippen molar-refractivity contribution in [1.29, 1.82) is 0 Å². The second kappa shape index (κ2) is 7.60. The molecule has 3 rings (SSSR count). The second-order valence-electron chi connectivity index (χ2n) is 6.46. The molecule has 1 N–H and O–H groups in total. The smallest absolute Gasteiger partial charge is 0.276 e. The summed E-state index contributed by atoms with van der Waals surface area (Å²) in [6.45, 7) is 7.32. The molecule has 1 amide bonds. The number of rotatable bonds is 5. The van der Waals surface area contributed by atoms with Gasteiger partial charge < -0.3 is 14.1 Å². The number of amides is 1. The lowest BCUT2D eigenvalue weighted by atomic mass is 9.93. The van der Waals surface area contributed by atoms with Crippen LogP contribution >= 0.6 is 0 Å². The van der Waals surface area contributed by atoms with Crippen LogP contribution in [0.5, 0.6) is 11.5 Å². The lowest BCUT2D eigenvalue weighted by molar-refractivity contribution is -0.122. The molecule has 6 heteroatoms. The number of aromatic nitrogens is 1. The van der Waals surface area contributed by atoms with Gasteiger partial charge in [0.15, 0.2) is 5.75 Å². The standard InChI is InChI=1S/C22H22N2O4/c1-6-19(25)23-28-15-11-17-21(18(12-15)27-5)20(14(3)24(4)22(17)26)16-10-8-7-9-13(16)2/h6-12H,1H2,2-5H3,(H,23,25). The molecule has 3 aromatic rings. The first kappa shape index (κ1) is 19.2. The van der Waals surface area contributed by atoms with Gasteiger partial charge in [-0.2, -0.15) is 5.48 Å². The molecule has 0 saturated heterocycles. The maximum atomic E-state index is 13.0. The number of fused-ring (bicyclic) bond motifs is 1. The number of hydroxylamine groups is 1. The van der Waals surface area contributed by atoms with Gasteiger partial charge in [0.2, 0.25) is 0 Å². The Kier molecular flexibility index (Phi) is 5.22.